The van der Waals surface area contributed by atoms with Crippen LogP contribution in [0.25, 0.3) is 0 Å². The smallest absolute Gasteiger partial charge is 0.253 e. The SMILES string of the molecule is O=C(c1ccc(C#CCCO)c(Cl)c1)N1CCCOCC1. The number of nitrogens with zero attached hydrogens (tertiary/aromatic N) is 1. The third-order valence-electron chi connectivity index (χ3n) is 3.19. The largest absolute Gasteiger partial charge is 0.395 e. The molecule has 0 aromatic heterocycles. The van der Waals surface area contributed by atoms with Gasteiger partial charge in [-0.2, -0.15) is 0 Å². The number of hydrogen-bond donors (Lipinski definition) is 1. The van der Waals surface area contributed by atoms with Crippen LogP contribution in [0.4, 0.5) is 0 Å². The van der Waals surface area contributed by atoms with Crippen LogP contribution in [0.15, 0.2) is 18.2 Å². The fourth-order valence-corrected chi connectivity index (χ4v) is 2.32. The van der Waals surface area contributed by atoms with Crippen LogP contribution in [-0.2, 0) is 4.74 Å². The lowest BCUT2D eigenvalue weighted by Crippen LogP contribution is -2.33. The monoisotopic (exact) mass is 307 g/mol. The molecule has 21 heavy (non-hydrogen) atoms. The summed E-state index contributed by atoms with van der Waals surface area (Å²) < 4.78 is 5.35. The van der Waals surface area contributed by atoms with Crippen LogP contribution in [0.5, 0.6) is 0 Å². The van der Waals surface area contributed by atoms with Gasteiger partial charge < -0.3 is 14.7 Å². The normalized spacial score (nSPS) is 15.0. The second-order valence-electron chi connectivity index (χ2n) is 4.73. The number of amides is 1. The topological polar surface area (TPSA) is 49.8 Å². The predicted molar refractivity (Wildman–Crippen MR) is 81.4 cm³/mol. The molecule has 2 rings (SSSR count). The number of hydrogen-bond acceptors (Lipinski definition) is 3. The van der Waals surface area contributed by atoms with Crippen LogP contribution in [0, 0.1) is 11.8 Å². The van der Waals surface area contributed by atoms with Gasteiger partial charge in [0.25, 0.3) is 5.91 Å². The molecule has 1 aromatic rings. The van der Waals surface area contributed by atoms with Crippen molar-refractivity contribution in [3.05, 3.63) is 34.3 Å². The third-order valence-corrected chi connectivity index (χ3v) is 3.50. The zero-order valence-corrected chi connectivity index (χ0v) is 12.5. The van der Waals surface area contributed by atoms with Gasteiger partial charge in [-0.05, 0) is 24.6 Å². The predicted octanol–water partition coefficient (Wildman–Crippen LogP) is 1.94. The molecule has 5 heteroatoms. The summed E-state index contributed by atoms with van der Waals surface area (Å²) >= 11 is 6.16. The van der Waals surface area contributed by atoms with Crippen molar-refractivity contribution in [1.29, 1.82) is 0 Å². The van der Waals surface area contributed by atoms with E-state index < -0.39 is 0 Å². The van der Waals surface area contributed by atoms with E-state index in [1.807, 2.05) is 0 Å². The third kappa shape index (κ3) is 4.47. The zero-order chi connectivity index (χ0) is 15.1. The first-order valence-electron chi connectivity index (χ1n) is 6.98. The van der Waals surface area contributed by atoms with Crippen molar-refractivity contribution >= 4 is 17.5 Å². The van der Waals surface area contributed by atoms with Crippen molar-refractivity contribution in [2.24, 2.45) is 0 Å². The van der Waals surface area contributed by atoms with Gasteiger partial charge in [-0.1, -0.05) is 23.4 Å². The first-order valence-corrected chi connectivity index (χ1v) is 7.36. The molecule has 1 fully saturated rings. The highest BCUT2D eigenvalue weighted by atomic mass is 35.5. The standard InChI is InChI=1S/C16H18ClNO3/c17-15-12-14(6-5-13(15)4-1-2-9-19)16(20)18-7-3-10-21-11-8-18/h5-6,12,19H,2-3,7-11H2. The minimum atomic E-state index is -0.0303. The quantitative estimate of drug-likeness (QED) is 0.850. The molecule has 0 unspecified atom stereocenters. The molecule has 0 bridgehead atoms. The molecule has 1 aliphatic heterocycles. The molecule has 1 heterocycles. The van der Waals surface area contributed by atoms with E-state index in [1.165, 1.54) is 0 Å². The van der Waals surface area contributed by atoms with E-state index in [4.69, 9.17) is 21.4 Å². The average Bonchev–Trinajstić information content (AvgIpc) is 2.77. The van der Waals surface area contributed by atoms with Gasteiger partial charge >= 0.3 is 0 Å². The Bertz CT molecular complexity index is 554. The summed E-state index contributed by atoms with van der Waals surface area (Å²) in [5, 5.41) is 9.16. The van der Waals surface area contributed by atoms with E-state index in [0.29, 0.717) is 48.9 Å². The van der Waals surface area contributed by atoms with E-state index in [-0.39, 0.29) is 12.5 Å². The summed E-state index contributed by atoms with van der Waals surface area (Å²) in [6.07, 6.45) is 1.26. The lowest BCUT2D eigenvalue weighted by Gasteiger charge is -2.19. The Labute approximate surface area is 129 Å². The molecule has 1 amide bonds. The van der Waals surface area contributed by atoms with E-state index in [2.05, 4.69) is 11.8 Å². The maximum absolute atomic E-state index is 12.4. The average molecular weight is 308 g/mol. The van der Waals surface area contributed by atoms with Gasteiger partial charge in [0.2, 0.25) is 0 Å². The summed E-state index contributed by atoms with van der Waals surface area (Å²) in [6, 6.07) is 5.13. The number of halogens is 1. The number of carbonyl (C=O) groups is 1. The Morgan fingerprint density at radius 2 is 2.24 bits per heavy atom. The van der Waals surface area contributed by atoms with Crippen molar-refractivity contribution < 1.29 is 14.6 Å². The molecule has 1 aliphatic rings. The Morgan fingerprint density at radius 1 is 1.38 bits per heavy atom. The van der Waals surface area contributed by atoms with Crippen molar-refractivity contribution in [3.63, 3.8) is 0 Å². The number of aliphatic hydroxyl groups is 1. The Balaban J connectivity index is 2.12. The molecule has 112 valence electrons. The van der Waals surface area contributed by atoms with Crippen LogP contribution in [0.3, 0.4) is 0 Å². The van der Waals surface area contributed by atoms with E-state index in [1.54, 1.807) is 23.1 Å². The highest BCUT2D eigenvalue weighted by Gasteiger charge is 2.18. The second kappa shape index (κ2) is 8.04. The highest BCUT2D eigenvalue weighted by molar-refractivity contribution is 6.32. The van der Waals surface area contributed by atoms with Gasteiger partial charge in [-0.3, -0.25) is 4.79 Å². The van der Waals surface area contributed by atoms with Crippen LogP contribution in [-0.4, -0.2) is 48.8 Å². The summed E-state index contributed by atoms with van der Waals surface area (Å²) in [7, 11) is 0. The van der Waals surface area contributed by atoms with Gasteiger partial charge in [-0.15, -0.1) is 0 Å². The number of aliphatic hydroxyl groups excluding tert-OH is 1. The lowest BCUT2D eigenvalue weighted by atomic mass is 10.1. The zero-order valence-electron chi connectivity index (χ0n) is 11.8. The van der Waals surface area contributed by atoms with Crippen molar-refractivity contribution in [3.8, 4) is 11.8 Å². The van der Waals surface area contributed by atoms with Crippen molar-refractivity contribution in [2.45, 2.75) is 12.8 Å². The van der Waals surface area contributed by atoms with Gasteiger partial charge in [0, 0.05) is 37.2 Å². The van der Waals surface area contributed by atoms with E-state index in [0.717, 1.165) is 6.42 Å². The minimum absolute atomic E-state index is 0.0260. The summed E-state index contributed by atoms with van der Waals surface area (Å²) in [4.78, 5) is 14.2. The van der Waals surface area contributed by atoms with Gasteiger partial charge in [0.15, 0.2) is 0 Å². The Hall–Kier alpha value is -1.54. The summed E-state index contributed by atoms with van der Waals surface area (Å²) in [6.45, 7) is 2.61. The first kappa shape index (κ1) is 15.8. The maximum atomic E-state index is 12.4. The number of benzene rings is 1. The van der Waals surface area contributed by atoms with E-state index in [9.17, 15) is 4.79 Å². The fourth-order valence-electron chi connectivity index (χ4n) is 2.09. The van der Waals surface area contributed by atoms with Gasteiger partial charge in [-0.25, -0.2) is 0 Å². The summed E-state index contributed by atoms with van der Waals surface area (Å²) in [5.41, 5.74) is 1.23. The molecule has 0 radical (unpaired) electrons. The Morgan fingerprint density at radius 3 is 3.00 bits per heavy atom. The molecule has 1 saturated heterocycles. The van der Waals surface area contributed by atoms with Gasteiger partial charge in [0.05, 0.1) is 18.2 Å². The van der Waals surface area contributed by atoms with E-state index >= 15 is 0 Å². The number of carbonyl (C=O) groups excluding carboxylic acids is 1. The molecular weight excluding hydrogens is 290 g/mol. The minimum Gasteiger partial charge on any atom is -0.395 e. The molecule has 0 spiro atoms. The molecule has 4 nitrogen and oxygen atoms in total. The molecule has 1 N–H and O–H groups in total. The highest BCUT2D eigenvalue weighted by Crippen LogP contribution is 2.18. The first-order chi connectivity index (χ1) is 10.2. The van der Waals surface area contributed by atoms with Crippen LogP contribution < -0.4 is 0 Å². The van der Waals surface area contributed by atoms with Crippen LogP contribution in [0.1, 0.15) is 28.8 Å². The lowest BCUT2D eigenvalue weighted by molar-refractivity contribution is 0.0741. The molecule has 0 atom stereocenters. The van der Waals surface area contributed by atoms with Crippen molar-refractivity contribution in [1.82, 2.24) is 4.90 Å². The van der Waals surface area contributed by atoms with Crippen LogP contribution >= 0.6 is 11.6 Å². The number of rotatable bonds is 2. The molecule has 0 aliphatic carbocycles. The fraction of sp³-hybridized carbons (Fsp3) is 0.438. The van der Waals surface area contributed by atoms with Crippen molar-refractivity contribution in [2.75, 3.05) is 32.9 Å². The summed E-state index contributed by atoms with van der Waals surface area (Å²) in [5.74, 6) is 5.67. The second-order valence-corrected chi connectivity index (χ2v) is 5.14. The molecule has 1 aromatic carbocycles. The van der Waals surface area contributed by atoms with Crippen LogP contribution in [0.2, 0.25) is 5.02 Å². The Kier molecular flexibility index (Phi) is 6.06. The van der Waals surface area contributed by atoms with Gasteiger partial charge in [0.1, 0.15) is 0 Å². The molecule has 0 saturated carbocycles. The number of ether oxygens (including phenoxy) is 1. The molecular formula is C16H18ClNO3. The maximum Gasteiger partial charge on any atom is 0.253 e.